The minimum absolute atomic E-state index is 0.157. The Morgan fingerprint density at radius 2 is 1.74 bits per heavy atom. The molecule has 1 aromatic heterocycles. The van der Waals surface area contributed by atoms with Crippen LogP contribution in [0.3, 0.4) is 0 Å². The maximum atomic E-state index is 12.8. The predicted octanol–water partition coefficient (Wildman–Crippen LogP) is 4.62. The SMILES string of the molecule is CCn1c(=NC(=O)c2ccc(S(=O)(=O)N(C)C(C)C)cc2)sc2cc(C(C)C)ccc21. The fourth-order valence-corrected chi connectivity index (χ4v) is 5.71. The Morgan fingerprint density at radius 3 is 2.29 bits per heavy atom. The van der Waals surface area contributed by atoms with E-state index in [1.807, 2.05) is 25.3 Å². The first-order chi connectivity index (χ1) is 14.6. The molecule has 3 aromatic rings. The Bertz CT molecular complexity index is 1270. The molecule has 0 bridgehead atoms. The lowest BCUT2D eigenvalue weighted by atomic mass is 10.0. The molecule has 1 amide bonds. The molecule has 0 fully saturated rings. The van der Waals surface area contributed by atoms with Crippen molar-refractivity contribution >= 4 is 37.5 Å². The number of aromatic nitrogens is 1. The van der Waals surface area contributed by atoms with Crippen molar-refractivity contribution in [2.75, 3.05) is 7.05 Å². The molecule has 166 valence electrons. The number of aryl methyl sites for hydroxylation is 1. The zero-order valence-corrected chi connectivity index (χ0v) is 20.4. The van der Waals surface area contributed by atoms with Crippen molar-refractivity contribution in [2.45, 2.75) is 58.0 Å². The standard InChI is InChI=1S/C23H29N3O3S2/c1-7-26-20-13-10-18(15(2)3)14-21(20)30-23(26)24-22(27)17-8-11-19(12-9-17)31(28,29)25(6)16(4)5/h8-16H,7H2,1-6H3. The first-order valence-electron chi connectivity index (χ1n) is 10.4. The third-order valence-corrected chi connectivity index (χ3v) is 8.48. The summed E-state index contributed by atoms with van der Waals surface area (Å²) >= 11 is 1.49. The maximum Gasteiger partial charge on any atom is 0.279 e. The summed E-state index contributed by atoms with van der Waals surface area (Å²) in [5.74, 6) is 0.0344. The summed E-state index contributed by atoms with van der Waals surface area (Å²) in [6.07, 6.45) is 0. The number of hydrogen-bond acceptors (Lipinski definition) is 4. The number of carbonyl (C=O) groups is 1. The van der Waals surface area contributed by atoms with Crippen molar-refractivity contribution in [3.05, 3.63) is 58.4 Å². The van der Waals surface area contributed by atoms with Gasteiger partial charge in [0.25, 0.3) is 5.91 Å². The van der Waals surface area contributed by atoms with Gasteiger partial charge in [-0.2, -0.15) is 9.30 Å². The van der Waals surface area contributed by atoms with Gasteiger partial charge in [-0.1, -0.05) is 31.3 Å². The number of rotatable bonds is 6. The van der Waals surface area contributed by atoms with Crippen LogP contribution in [0.1, 0.15) is 56.5 Å². The van der Waals surface area contributed by atoms with E-state index in [0.717, 1.165) is 10.2 Å². The molecule has 3 rings (SSSR count). The number of sulfonamides is 1. The topological polar surface area (TPSA) is 71.7 Å². The van der Waals surface area contributed by atoms with E-state index in [0.29, 0.717) is 22.8 Å². The van der Waals surface area contributed by atoms with Crippen LogP contribution in [0.4, 0.5) is 0 Å². The van der Waals surface area contributed by atoms with Gasteiger partial charge >= 0.3 is 0 Å². The smallest absolute Gasteiger partial charge is 0.279 e. The largest absolute Gasteiger partial charge is 0.317 e. The Kier molecular flexibility index (Phi) is 6.83. The lowest BCUT2D eigenvalue weighted by Crippen LogP contribution is -2.33. The first-order valence-corrected chi connectivity index (χ1v) is 12.6. The summed E-state index contributed by atoms with van der Waals surface area (Å²) in [5.41, 5.74) is 2.66. The van der Waals surface area contributed by atoms with Gasteiger partial charge in [0, 0.05) is 25.2 Å². The highest BCUT2D eigenvalue weighted by Gasteiger charge is 2.23. The second kappa shape index (κ2) is 9.06. The van der Waals surface area contributed by atoms with Crippen LogP contribution in [0.5, 0.6) is 0 Å². The van der Waals surface area contributed by atoms with Gasteiger partial charge in [0.05, 0.1) is 15.1 Å². The Labute approximate surface area is 187 Å². The first kappa shape index (κ1) is 23.4. The molecule has 0 saturated carbocycles. The molecule has 1 heterocycles. The normalized spacial score (nSPS) is 13.1. The number of amides is 1. The molecule has 0 radical (unpaired) electrons. The van der Waals surface area contributed by atoms with E-state index in [2.05, 4.69) is 37.0 Å². The number of carbonyl (C=O) groups excluding carboxylic acids is 1. The van der Waals surface area contributed by atoms with Crippen LogP contribution in [0.15, 0.2) is 52.4 Å². The summed E-state index contributed by atoms with van der Waals surface area (Å²) in [5, 5.41) is 0. The number of thiazole rings is 1. The molecule has 0 spiro atoms. The van der Waals surface area contributed by atoms with Crippen LogP contribution in [0, 0.1) is 0 Å². The minimum Gasteiger partial charge on any atom is -0.317 e. The molecule has 0 aliphatic heterocycles. The van der Waals surface area contributed by atoms with Crippen molar-refractivity contribution in [3.8, 4) is 0 Å². The molecule has 0 aliphatic carbocycles. The number of benzene rings is 2. The van der Waals surface area contributed by atoms with E-state index in [-0.39, 0.29) is 16.8 Å². The van der Waals surface area contributed by atoms with Gasteiger partial charge in [-0.05, 0) is 68.7 Å². The minimum atomic E-state index is -3.59. The van der Waals surface area contributed by atoms with Crippen molar-refractivity contribution in [1.29, 1.82) is 0 Å². The third-order valence-electron chi connectivity index (χ3n) is 5.39. The van der Waals surface area contributed by atoms with Gasteiger partial charge in [0.15, 0.2) is 4.80 Å². The summed E-state index contributed by atoms with van der Waals surface area (Å²) in [4.78, 5) is 18.0. The lowest BCUT2D eigenvalue weighted by Gasteiger charge is -2.20. The lowest BCUT2D eigenvalue weighted by molar-refractivity contribution is 0.0997. The van der Waals surface area contributed by atoms with E-state index < -0.39 is 10.0 Å². The van der Waals surface area contributed by atoms with Gasteiger partial charge in [0.1, 0.15) is 0 Å². The average molecular weight is 460 g/mol. The van der Waals surface area contributed by atoms with Gasteiger partial charge in [-0.25, -0.2) is 8.42 Å². The number of fused-ring (bicyclic) bond motifs is 1. The molecule has 0 atom stereocenters. The molecule has 0 N–H and O–H groups in total. The van der Waals surface area contributed by atoms with Crippen molar-refractivity contribution in [2.24, 2.45) is 4.99 Å². The highest BCUT2D eigenvalue weighted by molar-refractivity contribution is 7.89. The molecule has 0 unspecified atom stereocenters. The molecule has 0 saturated heterocycles. The molecule has 6 nitrogen and oxygen atoms in total. The Balaban J connectivity index is 1.98. The monoisotopic (exact) mass is 459 g/mol. The van der Waals surface area contributed by atoms with Crippen LogP contribution < -0.4 is 4.80 Å². The van der Waals surface area contributed by atoms with Crippen LogP contribution in [0.2, 0.25) is 0 Å². The fourth-order valence-electron chi connectivity index (χ4n) is 3.20. The van der Waals surface area contributed by atoms with E-state index in [9.17, 15) is 13.2 Å². The molecule has 0 aliphatic rings. The zero-order valence-electron chi connectivity index (χ0n) is 18.8. The van der Waals surface area contributed by atoms with Crippen molar-refractivity contribution in [3.63, 3.8) is 0 Å². The maximum absolute atomic E-state index is 12.8. The third kappa shape index (κ3) is 4.66. The van der Waals surface area contributed by atoms with Crippen LogP contribution in [-0.2, 0) is 16.6 Å². The van der Waals surface area contributed by atoms with Crippen LogP contribution in [-0.4, -0.2) is 36.3 Å². The highest BCUT2D eigenvalue weighted by Crippen LogP contribution is 2.24. The van der Waals surface area contributed by atoms with Crippen molar-refractivity contribution in [1.82, 2.24) is 8.87 Å². The Morgan fingerprint density at radius 1 is 1.10 bits per heavy atom. The molecule has 8 heteroatoms. The van der Waals surface area contributed by atoms with Crippen LogP contribution >= 0.6 is 11.3 Å². The van der Waals surface area contributed by atoms with Gasteiger partial charge in [-0.3, -0.25) is 4.79 Å². The Hall–Kier alpha value is -2.29. The second-order valence-corrected chi connectivity index (χ2v) is 11.1. The van der Waals surface area contributed by atoms with E-state index in [4.69, 9.17) is 0 Å². The van der Waals surface area contributed by atoms with E-state index in [1.165, 1.54) is 45.5 Å². The summed E-state index contributed by atoms with van der Waals surface area (Å²) in [6, 6.07) is 12.2. The van der Waals surface area contributed by atoms with Crippen LogP contribution in [0.25, 0.3) is 10.2 Å². The molecular weight excluding hydrogens is 430 g/mol. The zero-order chi connectivity index (χ0) is 22.9. The number of hydrogen-bond donors (Lipinski definition) is 0. The fraction of sp³-hybridized carbons (Fsp3) is 0.391. The van der Waals surface area contributed by atoms with E-state index in [1.54, 1.807) is 7.05 Å². The molecule has 31 heavy (non-hydrogen) atoms. The highest BCUT2D eigenvalue weighted by atomic mass is 32.2. The molecule has 2 aromatic carbocycles. The van der Waals surface area contributed by atoms with E-state index >= 15 is 0 Å². The summed E-state index contributed by atoms with van der Waals surface area (Å²) in [7, 11) is -2.04. The summed E-state index contributed by atoms with van der Waals surface area (Å²) in [6.45, 7) is 10.7. The van der Waals surface area contributed by atoms with Gasteiger partial charge in [-0.15, -0.1) is 0 Å². The van der Waals surface area contributed by atoms with Crippen molar-refractivity contribution < 1.29 is 13.2 Å². The second-order valence-electron chi connectivity index (χ2n) is 8.07. The quantitative estimate of drug-likeness (QED) is 0.540. The predicted molar refractivity (Wildman–Crippen MR) is 126 cm³/mol. The summed E-state index contributed by atoms with van der Waals surface area (Å²) < 4.78 is 29.7. The van der Waals surface area contributed by atoms with Gasteiger partial charge in [0.2, 0.25) is 10.0 Å². The molecular formula is C23H29N3O3S2. The van der Waals surface area contributed by atoms with Gasteiger partial charge < -0.3 is 4.57 Å². The average Bonchev–Trinajstić information content (AvgIpc) is 3.08. The number of nitrogens with zero attached hydrogens (tertiary/aromatic N) is 3.